The number of rotatable bonds is 5. The van der Waals surface area contributed by atoms with Crippen LogP contribution in [0.3, 0.4) is 0 Å². The van der Waals surface area contributed by atoms with Crippen LogP contribution in [0.15, 0.2) is 51.9 Å². The van der Waals surface area contributed by atoms with Gasteiger partial charge >= 0.3 is 0 Å². The minimum Gasteiger partial charge on any atom is -0.482 e. The highest BCUT2D eigenvalue weighted by Crippen LogP contribution is 2.16. The maximum atomic E-state index is 11.8. The van der Waals surface area contributed by atoms with E-state index in [0.29, 0.717) is 12.4 Å². The molecule has 1 aromatic heterocycles. The largest absolute Gasteiger partial charge is 0.482 e. The molecule has 0 amide bonds. The van der Waals surface area contributed by atoms with Gasteiger partial charge in [-0.1, -0.05) is 30.3 Å². The summed E-state index contributed by atoms with van der Waals surface area (Å²) in [6, 6.07) is 10.9. The second kappa shape index (κ2) is 6.20. The van der Waals surface area contributed by atoms with Crippen LogP contribution in [-0.2, 0) is 13.0 Å². The van der Waals surface area contributed by atoms with Crippen molar-refractivity contribution in [1.29, 1.82) is 0 Å². The zero-order valence-electron chi connectivity index (χ0n) is 10.7. The summed E-state index contributed by atoms with van der Waals surface area (Å²) >= 11 is 0. The Morgan fingerprint density at radius 3 is 2.68 bits per heavy atom. The third kappa shape index (κ3) is 3.69. The fraction of sp³-hybridized carbons (Fsp3) is 0.267. The Labute approximate surface area is 111 Å². The second-order valence-corrected chi connectivity index (χ2v) is 4.36. The summed E-state index contributed by atoms with van der Waals surface area (Å²) in [5.41, 5.74) is 0.728. The first-order valence-electron chi connectivity index (χ1n) is 6.12. The van der Waals surface area contributed by atoms with Crippen molar-refractivity contribution >= 4 is 0 Å². The highest BCUT2D eigenvalue weighted by molar-refractivity contribution is 5.26. The molecule has 0 saturated carbocycles. The van der Waals surface area contributed by atoms with Gasteiger partial charge in [0.15, 0.2) is 5.76 Å². The predicted octanol–water partition coefficient (Wildman–Crippen LogP) is 2.14. The van der Waals surface area contributed by atoms with E-state index in [4.69, 9.17) is 9.15 Å². The van der Waals surface area contributed by atoms with Crippen LogP contribution in [0, 0.1) is 0 Å². The quantitative estimate of drug-likeness (QED) is 0.894. The van der Waals surface area contributed by atoms with Crippen molar-refractivity contribution in [3.8, 4) is 5.75 Å². The lowest BCUT2D eigenvalue weighted by Crippen LogP contribution is -2.13. The van der Waals surface area contributed by atoms with Gasteiger partial charge in [-0.25, -0.2) is 0 Å². The molecule has 0 aliphatic heterocycles. The third-order valence-electron chi connectivity index (χ3n) is 2.61. The maximum Gasteiger partial charge on any atom is 0.227 e. The van der Waals surface area contributed by atoms with E-state index < -0.39 is 6.10 Å². The molecule has 0 radical (unpaired) electrons. The monoisotopic (exact) mass is 260 g/mol. The molecule has 1 heterocycles. The first-order valence-corrected chi connectivity index (χ1v) is 6.12. The highest BCUT2D eigenvalue weighted by Gasteiger charge is 2.13. The van der Waals surface area contributed by atoms with Gasteiger partial charge in [0.05, 0.1) is 12.4 Å². The molecule has 4 heteroatoms. The van der Waals surface area contributed by atoms with Crippen molar-refractivity contribution in [1.82, 2.24) is 0 Å². The van der Waals surface area contributed by atoms with E-state index in [-0.39, 0.29) is 17.6 Å². The van der Waals surface area contributed by atoms with Crippen LogP contribution in [0.5, 0.6) is 5.75 Å². The van der Waals surface area contributed by atoms with Crippen molar-refractivity contribution in [2.75, 3.05) is 0 Å². The van der Waals surface area contributed by atoms with E-state index in [1.54, 1.807) is 6.92 Å². The van der Waals surface area contributed by atoms with Gasteiger partial charge in [-0.05, 0) is 12.5 Å². The molecule has 0 fully saturated rings. The van der Waals surface area contributed by atoms with Crippen LogP contribution >= 0.6 is 0 Å². The van der Waals surface area contributed by atoms with E-state index in [0.717, 1.165) is 5.56 Å². The summed E-state index contributed by atoms with van der Waals surface area (Å²) < 4.78 is 10.8. The zero-order valence-corrected chi connectivity index (χ0v) is 10.7. The Bertz CT molecular complexity index is 572. The average Bonchev–Trinajstić information content (AvgIpc) is 2.38. The summed E-state index contributed by atoms with van der Waals surface area (Å²) in [6.45, 7) is 1.93. The normalized spacial score (nSPS) is 12.1. The molecular weight excluding hydrogens is 244 g/mol. The van der Waals surface area contributed by atoms with Gasteiger partial charge in [0, 0.05) is 12.5 Å². The van der Waals surface area contributed by atoms with Crippen LogP contribution in [0.2, 0.25) is 0 Å². The second-order valence-electron chi connectivity index (χ2n) is 4.36. The van der Waals surface area contributed by atoms with Crippen molar-refractivity contribution in [2.45, 2.75) is 26.1 Å². The molecule has 4 nitrogen and oxygen atoms in total. The molecule has 0 aliphatic carbocycles. The van der Waals surface area contributed by atoms with E-state index >= 15 is 0 Å². The van der Waals surface area contributed by atoms with Crippen LogP contribution in [-0.4, -0.2) is 11.2 Å². The van der Waals surface area contributed by atoms with Gasteiger partial charge in [0.1, 0.15) is 6.61 Å². The van der Waals surface area contributed by atoms with Gasteiger partial charge in [-0.15, -0.1) is 0 Å². The minimum absolute atomic E-state index is 0.173. The summed E-state index contributed by atoms with van der Waals surface area (Å²) in [4.78, 5) is 11.8. The van der Waals surface area contributed by atoms with Gasteiger partial charge in [0.25, 0.3) is 0 Å². The molecule has 0 spiro atoms. The fourth-order valence-corrected chi connectivity index (χ4v) is 1.74. The third-order valence-corrected chi connectivity index (χ3v) is 2.61. The van der Waals surface area contributed by atoms with Gasteiger partial charge in [0.2, 0.25) is 11.2 Å². The Morgan fingerprint density at radius 2 is 2.00 bits per heavy atom. The SMILES string of the molecule is CC(O)Cc1occc(=O)c1OCc1ccccc1. The van der Waals surface area contributed by atoms with Crippen LogP contribution < -0.4 is 10.2 Å². The molecule has 0 saturated heterocycles. The lowest BCUT2D eigenvalue weighted by molar-refractivity contribution is 0.181. The molecule has 100 valence electrons. The first-order chi connectivity index (χ1) is 9.16. The molecule has 0 aliphatic rings. The zero-order chi connectivity index (χ0) is 13.7. The van der Waals surface area contributed by atoms with Gasteiger partial charge in [-0.2, -0.15) is 0 Å². The van der Waals surface area contributed by atoms with Crippen molar-refractivity contribution in [3.05, 3.63) is 64.2 Å². The number of aliphatic hydroxyl groups excluding tert-OH is 1. The van der Waals surface area contributed by atoms with Crippen LogP contribution in [0.4, 0.5) is 0 Å². The smallest absolute Gasteiger partial charge is 0.227 e. The minimum atomic E-state index is -0.593. The molecule has 1 unspecified atom stereocenters. The van der Waals surface area contributed by atoms with E-state index in [1.165, 1.54) is 12.3 Å². The molecule has 19 heavy (non-hydrogen) atoms. The van der Waals surface area contributed by atoms with E-state index in [2.05, 4.69) is 0 Å². The Hall–Kier alpha value is -2.07. The maximum absolute atomic E-state index is 11.8. The Kier molecular flexibility index (Phi) is 4.36. The lowest BCUT2D eigenvalue weighted by atomic mass is 10.2. The number of aliphatic hydroxyl groups is 1. The number of ether oxygens (including phenoxy) is 1. The molecule has 1 aromatic carbocycles. The average molecular weight is 260 g/mol. The summed E-state index contributed by atoms with van der Waals surface area (Å²) in [7, 11) is 0. The van der Waals surface area contributed by atoms with Gasteiger partial charge < -0.3 is 14.3 Å². The van der Waals surface area contributed by atoms with Crippen LogP contribution in [0.1, 0.15) is 18.2 Å². The first kappa shape index (κ1) is 13.4. The topological polar surface area (TPSA) is 59.7 Å². The van der Waals surface area contributed by atoms with Crippen LogP contribution in [0.25, 0.3) is 0 Å². The van der Waals surface area contributed by atoms with E-state index in [9.17, 15) is 9.90 Å². The van der Waals surface area contributed by atoms with Gasteiger partial charge in [-0.3, -0.25) is 4.79 Å². The Morgan fingerprint density at radius 1 is 1.26 bits per heavy atom. The van der Waals surface area contributed by atoms with Crippen molar-refractivity contribution in [3.63, 3.8) is 0 Å². The predicted molar refractivity (Wildman–Crippen MR) is 71.1 cm³/mol. The standard InChI is InChI=1S/C15H16O4/c1-11(16)9-14-15(13(17)7-8-18-14)19-10-12-5-3-2-4-6-12/h2-8,11,16H,9-10H2,1H3. The molecule has 1 atom stereocenters. The lowest BCUT2D eigenvalue weighted by Gasteiger charge is -2.10. The number of hydrogen-bond acceptors (Lipinski definition) is 4. The number of benzene rings is 1. The molecule has 2 rings (SSSR count). The van der Waals surface area contributed by atoms with E-state index in [1.807, 2.05) is 30.3 Å². The summed E-state index contributed by atoms with van der Waals surface area (Å²) in [6.07, 6.45) is 0.972. The molecule has 2 aromatic rings. The summed E-state index contributed by atoms with van der Waals surface area (Å²) in [5, 5.41) is 9.39. The Balaban J connectivity index is 2.17. The number of hydrogen-bond donors (Lipinski definition) is 1. The molecule has 1 N–H and O–H groups in total. The van der Waals surface area contributed by atoms with Crippen molar-refractivity contribution < 1.29 is 14.3 Å². The fourth-order valence-electron chi connectivity index (χ4n) is 1.74. The summed E-state index contributed by atoms with van der Waals surface area (Å²) in [5.74, 6) is 0.547. The molecular formula is C15H16O4. The van der Waals surface area contributed by atoms with Crippen molar-refractivity contribution in [2.24, 2.45) is 0 Å². The molecule has 0 bridgehead atoms. The highest BCUT2D eigenvalue weighted by atomic mass is 16.5.